The molecule has 0 bridgehead atoms. The third kappa shape index (κ3) is 2.70. The number of thiazole rings is 1. The van der Waals surface area contributed by atoms with Crippen molar-refractivity contribution < 1.29 is 9.90 Å². The van der Waals surface area contributed by atoms with Gasteiger partial charge in [0.05, 0.1) is 20.1 Å². The molecule has 4 nitrogen and oxygen atoms in total. The third-order valence-corrected chi connectivity index (χ3v) is 5.20. The first-order valence-electron chi connectivity index (χ1n) is 5.72. The number of aromatic nitrogens is 2. The number of carboxylic acid groups (broad SMARTS) is 1. The summed E-state index contributed by atoms with van der Waals surface area (Å²) in [7, 11) is 0. The van der Waals surface area contributed by atoms with Crippen LogP contribution in [-0.2, 0) is 11.3 Å². The van der Waals surface area contributed by atoms with Crippen molar-refractivity contribution in [2.24, 2.45) is 0 Å². The maximum absolute atomic E-state index is 10.8. The third-order valence-electron chi connectivity index (χ3n) is 2.68. The minimum Gasteiger partial charge on any atom is -0.480 e. The van der Waals surface area contributed by atoms with Crippen LogP contribution in [0, 0.1) is 0 Å². The Morgan fingerprint density at radius 1 is 1.40 bits per heavy atom. The smallest absolute Gasteiger partial charge is 0.323 e. The van der Waals surface area contributed by atoms with E-state index in [1.54, 1.807) is 22.1 Å². The first-order chi connectivity index (χ1) is 9.63. The van der Waals surface area contributed by atoms with Gasteiger partial charge >= 0.3 is 5.97 Å². The summed E-state index contributed by atoms with van der Waals surface area (Å²) in [6, 6.07) is 7.73. The largest absolute Gasteiger partial charge is 0.480 e. The van der Waals surface area contributed by atoms with Gasteiger partial charge in [-0.05, 0) is 40.2 Å². The Hall–Kier alpha value is -1.44. The van der Waals surface area contributed by atoms with E-state index in [2.05, 4.69) is 20.9 Å². The molecule has 0 atom stereocenters. The van der Waals surface area contributed by atoms with Crippen LogP contribution in [0.5, 0.6) is 0 Å². The molecule has 0 spiro atoms. The molecule has 3 heterocycles. The number of nitrogens with zero attached hydrogens (tertiary/aromatic N) is 2. The summed E-state index contributed by atoms with van der Waals surface area (Å²) in [5.74, 6) is -0.860. The fourth-order valence-electron chi connectivity index (χ4n) is 1.85. The highest BCUT2D eigenvalue weighted by Gasteiger charge is 2.12. The van der Waals surface area contributed by atoms with Gasteiger partial charge < -0.3 is 9.67 Å². The Morgan fingerprint density at radius 2 is 2.25 bits per heavy atom. The highest BCUT2D eigenvalue weighted by Crippen LogP contribution is 2.34. The Balaban J connectivity index is 1.94. The molecule has 0 unspecified atom stereocenters. The number of aliphatic carboxylic acids is 1. The predicted octanol–water partition coefficient (Wildman–Crippen LogP) is 4.19. The Bertz CT molecular complexity index is 760. The number of hydrogen-bond donors (Lipinski definition) is 1. The highest BCUT2D eigenvalue weighted by atomic mass is 79.9. The number of rotatable bonds is 4. The molecular formula is C13H9BrN2O2S2. The molecule has 0 aliphatic heterocycles. The highest BCUT2D eigenvalue weighted by molar-refractivity contribution is 9.11. The van der Waals surface area contributed by atoms with E-state index in [1.165, 1.54) is 11.3 Å². The molecule has 20 heavy (non-hydrogen) atoms. The second-order valence-corrected chi connectivity index (χ2v) is 7.38. The molecule has 0 saturated carbocycles. The first kappa shape index (κ1) is 13.5. The number of hydrogen-bond acceptors (Lipinski definition) is 4. The van der Waals surface area contributed by atoms with Crippen LogP contribution in [0.3, 0.4) is 0 Å². The van der Waals surface area contributed by atoms with Crippen LogP contribution in [0.25, 0.3) is 21.3 Å². The van der Waals surface area contributed by atoms with Crippen LogP contribution >= 0.6 is 38.6 Å². The van der Waals surface area contributed by atoms with Gasteiger partial charge in [-0.15, -0.1) is 22.7 Å². The molecule has 0 aliphatic carbocycles. The van der Waals surface area contributed by atoms with Gasteiger partial charge in [0.2, 0.25) is 0 Å². The molecule has 0 amide bonds. The predicted molar refractivity (Wildman–Crippen MR) is 84.2 cm³/mol. The van der Waals surface area contributed by atoms with Crippen molar-refractivity contribution in [2.45, 2.75) is 6.54 Å². The first-order valence-corrected chi connectivity index (χ1v) is 8.21. The fourth-order valence-corrected chi connectivity index (χ4v) is 4.13. The normalized spacial score (nSPS) is 10.8. The van der Waals surface area contributed by atoms with Gasteiger partial charge in [-0.3, -0.25) is 4.79 Å². The van der Waals surface area contributed by atoms with Crippen LogP contribution in [-0.4, -0.2) is 20.6 Å². The van der Waals surface area contributed by atoms with Crippen molar-refractivity contribution in [3.05, 3.63) is 39.6 Å². The maximum atomic E-state index is 10.8. The molecule has 3 aromatic rings. The van der Waals surface area contributed by atoms with Gasteiger partial charge in [-0.2, -0.15) is 0 Å². The van der Waals surface area contributed by atoms with E-state index < -0.39 is 5.97 Å². The van der Waals surface area contributed by atoms with E-state index in [0.29, 0.717) is 0 Å². The summed E-state index contributed by atoms with van der Waals surface area (Å²) in [4.78, 5) is 16.5. The second-order valence-electron chi connectivity index (χ2n) is 4.06. The SMILES string of the molecule is O=C(O)Cn1cccc1-c1nc(-c2ccc(Br)s2)cs1. The maximum Gasteiger partial charge on any atom is 0.323 e. The lowest BCUT2D eigenvalue weighted by atomic mass is 10.4. The van der Waals surface area contributed by atoms with E-state index in [0.717, 1.165) is 25.1 Å². The number of halogens is 1. The van der Waals surface area contributed by atoms with Gasteiger partial charge in [0.1, 0.15) is 11.6 Å². The second kappa shape index (κ2) is 5.51. The molecular weight excluding hydrogens is 360 g/mol. The molecule has 0 saturated heterocycles. The molecule has 0 radical (unpaired) electrons. The van der Waals surface area contributed by atoms with E-state index in [4.69, 9.17) is 5.11 Å². The van der Waals surface area contributed by atoms with Gasteiger partial charge in [-0.1, -0.05) is 0 Å². The molecule has 102 valence electrons. The minimum absolute atomic E-state index is 0.0538. The molecule has 0 aliphatic rings. The molecule has 1 N–H and O–H groups in total. The Morgan fingerprint density at radius 3 is 2.95 bits per heavy atom. The van der Waals surface area contributed by atoms with Crippen LogP contribution in [0.2, 0.25) is 0 Å². The van der Waals surface area contributed by atoms with Gasteiger partial charge in [0.25, 0.3) is 0 Å². The average Bonchev–Trinajstić information content (AvgIpc) is 3.06. The van der Waals surface area contributed by atoms with Gasteiger partial charge in [-0.25, -0.2) is 4.98 Å². The summed E-state index contributed by atoms with van der Waals surface area (Å²) < 4.78 is 2.76. The number of carbonyl (C=O) groups is 1. The van der Waals surface area contributed by atoms with Crippen molar-refractivity contribution in [2.75, 3.05) is 0 Å². The summed E-state index contributed by atoms with van der Waals surface area (Å²) in [6.07, 6.45) is 1.76. The van der Waals surface area contributed by atoms with Crippen LogP contribution in [0.15, 0.2) is 39.6 Å². The van der Waals surface area contributed by atoms with Crippen LogP contribution in [0.4, 0.5) is 0 Å². The summed E-state index contributed by atoms with van der Waals surface area (Å²) in [6.45, 7) is -0.0538. The fraction of sp³-hybridized carbons (Fsp3) is 0.0769. The number of thiophene rings is 1. The molecule has 0 aromatic carbocycles. The van der Waals surface area contributed by atoms with Crippen molar-refractivity contribution in [3.63, 3.8) is 0 Å². The Kier molecular flexibility index (Phi) is 3.73. The topological polar surface area (TPSA) is 55.1 Å². The summed E-state index contributed by atoms with van der Waals surface area (Å²) >= 11 is 6.58. The zero-order chi connectivity index (χ0) is 14.1. The van der Waals surface area contributed by atoms with Crippen LogP contribution in [0.1, 0.15) is 0 Å². The standard InChI is InChI=1S/C13H9BrN2O2S2/c14-11-4-3-10(20-11)8-7-19-13(15-8)9-2-1-5-16(9)6-12(17)18/h1-5,7H,6H2,(H,17,18). The molecule has 3 aromatic heterocycles. The van der Waals surface area contributed by atoms with Gasteiger partial charge in [0, 0.05) is 11.6 Å². The molecule has 7 heteroatoms. The minimum atomic E-state index is -0.860. The lowest BCUT2D eigenvalue weighted by Gasteiger charge is -2.02. The van der Waals surface area contributed by atoms with Gasteiger partial charge in [0.15, 0.2) is 0 Å². The quantitative estimate of drug-likeness (QED) is 0.750. The van der Waals surface area contributed by atoms with E-state index in [-0.39, 0.29) is 6.54 Å². The summed E-state index contributed by atoms with van der Waals surface area (Å²) in [5.41, 5.74) is 1.75. The van der Waals surface area contributed by atoms with E-state index in [9.17, 15) is 4.79 Å². The lowest BCUT2D eigenvalue weighted by Crippen LogP contribution is -2.08. The van der Waals surface area contributed by atoms with Crippen LogP contribution < -0.4 is 0 Å². The van der Waals surface area contributed by atoms with Crippen molar-refractivity contribution in [1.29, 1.82) is 0 Å². The summed E-state index contributed by atoms with van der Waals surface area (Å²) in [5, 5.41) is 11.7. The Labute approximate surface area is 131 Å². The average molecular weight is 369 g/mol. The zero-order valence-corrected chi connectivity index (χ0v) is 13.3. The molecule has 0 fully saturated rings. The van der Waals surface area contributed by atoms with E-state index in [1.807, 2.05) is 29.6 Å². The van der Waals surface area contributed by atoms with Crippen molar-refractivity contribution in [1.82, 2.24) is 9.55 Å². The lowest BCUT2D eigenvalue weighted by molar-refractivity contribution is -0.137. The zero-order valence-electron chi connectivity index (χ0n) is 10.1. The van der Waals surface area contributed by atoms with Crippen molar-refractivity contribution in [3.8, 4) is 21.3 Å². The monoisotopic (exact) mass is 368 g/mol. The molecule has 3 rings (SSSR count). The number of carboxylic acids is 1. The van der Waals surface area contributed by atoms with E-state index >= 15 is 0 Å². The van der Waals surface area contributed by atoms with Crippen molar-refractivity contribution >= 4 is 44.6 Å².